The van der Waals surface area contributed by atoms with E-state index < -0.39 is 33.2 Å². The molecule has 11 nitrogen and oxygen atoms in total. The maximum Gasteiger partial charge on any atom is 0.433 e. The van der Waals surface area contributed by atoms with Crippen molar-refractivity contribution in [3.63, 3.8) is 0 Å². The van der Waals surface area contributed by atoms with E-state index in [1.54, 1.807) is 12.1 Å². The van der Waals surface area contributed by atoms with E-state index in [9.17, 15) is 26.4 Å². The van der Waals surface area contributed by atoms with E-state index in [1.165, 1.54) is 34.2 Å². The number of likely N-dealkylation sites (tertiary alicyclic amines) is 1. The number of carbonyl (C=O) groups is 1. The maximum atomic E-state index is 13.1. The van der Waals surface area contributed by atoms with Crippen LogP contribution in [0.25, 0.3) is 16.7 Å². The van der Waals surface area contributed by atoms with Crippen LogP contribution in [-0.4, -0.2) is 74.6 Å². The molecule has 1 aliphatic heterocycles. The largest absolute Gasteiger partial charge is 0.474 e. The van der Waals surface area contributed by atoms with Crippen molar-refractivity contribution in [2.24, 2.45) is 0 Å². The predicted octanol–water partition coefficient (Wildman–Crippen LogP) is 2.64. The van der Waals surface area contributed by atoms with Crippen molar-refractivity contribution in [3.8, 4) is 11.6 Å². The summed E-state index contributed by atoms with van der Waals surface area (Å²) in [6, 6.07) is 6.19. The third-order valence-electron chi connectivity index (χ3n) is 6.00. The molecule has 1 saturated heterocycles. The SMILES string of the molecule is CS(=O)(=O)c1ccc(-n2ncc3c(OC4CCN(C(=O)c5cn[nH]c5C(F)(F)F)CC4)ncnc32)cc1. The number of halogens is 3. The van der Waals surface area contributed by atoms with Crippen molar-refractivity contribution in [2.45, 2.75) is 30.0 Å². The van der Waals surface area contributed by atoms with Gasteiger partial charge in [0.25, 0.3) is 5.91 Å². The number of alkyl halides is 3. The van der Waals surface area contributed by atoms with Crippen LogP contribution in [0.2, 0.25) is 0 Å². The van der Waals surface area contributed by atoms with E-state index >= 15 is 0 Å². The van der Waals surface area contributed by atoms with Crippen molar-refractivity contribution in [1.82, 2.24) is 34.8 Å². The van der Waals surface area contributed by atoms with Gasteiger partial charge in [0.05, 0.1) is 28.5 Å². The molecule has 15 heteroatoms. The first kappa shape index (κ1) is 24.7. The van der Waals surface area contributed by atoms with E-state index in [4.69, 9.17) is 4.74 Å². The molecule has 4 heterocycles. The number of rotatable bonds is 5. The van der Waals surface area contributed by atoms with Crippen LogP contribution in [0, 0.1) is 0 Å². The topological polar surface area (TPSA) is 136 Å². The molecule has 0 unspecified atom stereocenters. The van der Waals surface area contributed by atoms with Crippen LogP contribution in [-0.2, 0) is 16.0 Å². The predicted molar refractivity (Wildman–Crippen MR) is 123 cm³/mol. The Morgan fingerprint density at radius 3 is 2.46 bits per heavy atom. The number of aromatic nitrogens is 6. The van der Waals surface area contributed by atoms with Gasteiger partial charge >= 0.3 is 6.18 Å². The van der Waals surface area contributed by atoms with Crippen LogP contribution >= 0.6 is 0 Å². The maximum absolute atomic E-state index is 13.1. The number of fused-ring (bicyclic) bond motifs is 1. The Morgan fingerprint density at radius 2 is 1.81 bits per heavy atom. The summed E-state index contributed by atoms with van der Waals surface area (Å²) in [6.07, 6.45) is 0.599. The Labute approximate surface area is 208 Å². The number of hydrogen-bond acceptors (Lipinski definition) is 8. The molecule has 0 radical (unpaired) electrons. The number of aromatic amines is 1. The summed E-state index contributed by atoms with van der Waals surface area (Å²) in [7, 11) is -3.34. The number of hydrogen-bond donors (Lipinski definition) is 1. The summed E-state index contributed by atoms with van der Waals surface area (Å²) >= 11 is 0. The minimum Gasteiger partial charge on any atom is -0.474 e. The van der Waals surface area contributed by atoms with Crippen molar-refractivity contribution in [3.05, 3.63) is 54.2 Å². The third kappa shape index (κ3) is 4.85. The number of ether oxygens (including phenoxy) is 1. The Kier molecular flexibility index (Phi) is 6.09. The molecule has 1 amide bonds. The van der Waals surface area contributed by atoms with Gasteiger partial charge in [-0.25, -0.2) is 23.1 Å². The minimum atomic E-state index is -4.71. The number of amides is 1. The lowest BCUT2D eigenvalue weighted by atomic mass is 10.1. The van der Waals surface area contributed by atoms with Gasteiger partial charge in [0.2, 0.25) is 5.88 Å². The van der Waals surface area contributed by atoms with Crippen molar-refractivity contribution in [1.29, 1.82) is 0 Å². The van der Waals surface area contributed by atoms with Gasteiger partial charge in [-0.1, -0.05) is 0 Å². The Bertz CT molecular complexity index is 1560. The molecule has 1 aromatic carbocycles. The lowest BCUT2D eigenvalue weighted by Gasteiger charge is -2.32. The highest BCUT2D eigenvalue weighted by atomic mass is 32.2. The minimum absolute atomic E-state index is 0.179. The van der Waals surface area contributed by atoms with Gasteiger partial charge in [-0.15, -0.1) is 0 Å². The zero-order valence-electron chi connectivity index (χ0n) is 19.3. The Balaban J connectivity index is 1.29. The van der Waals surface area contributed by atoms with Crippen molar-refractivity contribution < 1.29 is 31.1 Å². The molecule has 5 rings (SSSR count). The molecule has 0 bridgehead atoms. The van der Waals surface area contributed by atoms with Gasteiger partial charge in [0.15, 0.2) is 21.2 Å². The van der Waals surface area contributed by atoms with E-state index in [0.717, 1.165) is 12.5 Å². The molecule has 0 saturated carbocycles. The highest BCUT2D eigenvalue weighted by Crippen LogP contribution is 2.31. The Hall–Kier alpha value is -4.01. The summed E-state index contributed by atoms with van der Waals surface area (Å²) in [4.78, 5) is 22.6. The average Bonchev–Trinajstić information content (AvgIpc) is 3.52. The molecule has 3 aromatic heterocycles. The van der Waals surface area contributed by atoms with Crippen molar-refractivity contribution in [2.75, 3.05) is 19.3 Å². The average molecular weight is 536 g/mol. The lowest BCUT2D eigenvalue weighted by molar-refractivity contribution is -0.141. The smallest absolute Gasteiger partial charge is 0.433 e. The van der Waals surface area contributed by atoms with Crippen molar-refractivity contribution >= 4 is 26.8 Å². The second-order valence-corrected chi connectivity index (χ2v) is 10.5. The summed E-state index contributed by atoms with van der Waals surface area (Å²) < 4.78 is 70.4. The van der Waals surface area contributed by atoms with E-state index in [0.29, 0.717) is 29.6 Å². The number of nitrogens with one attached hydrogen (secondary N) is 1. The summed E-state index contributed by atoms with van der Waals surface area (Å²) in [5.41, 5.74) is -0.635. The zero-order chi connectivity index (χ0) is 26.4. The Morgan fingerprint density at radius 1 is 1.11 bits per heavy atom. The number of nitrogens with zero attached hydrogens (tertiary/aromatic N) is 6. The van der Waals surface area contributed by atoms with Crippen LogP contribution in [0.4, 0.5) is 13.2 Å². The van der Waals surface area contributed by atoms with Gasteiger partial charge in [-0.2, -0.15) is 23.4 Å². The molecular formula is C22H20F3N7O4S. The highest BCUT2D eigenvalue weighted by molar-refractivity contribution is 7.90. The van der Waals surface area contributed by atoms with E-state index in [1.807, 2.05) is 5.10 Å². The standard InChI is InChI=1S/C22H20F3N7O4S/c1-37(34,35)15-4-2-13(3-5-15)32-19-17(11-29-32)20(27-12-26-19)36-14-6-8-31(9-7-14)21(33)16-10-28-30-18(16)22(23,24)25/h2-5,10-12,14H,6-9H2,1H3,(H,28,30). The van der Waals surface area contributed by atoms with Crippen LogP contribution in [0.3, 0.4) is 0 Å². The summed E-state index contributed by atoms with van der Waals surface area (Å²) in [6.45, 7) is 0.401. The van der Waals surface area contributed by atoms with Gasteiger partial charge in [0, 0.05) is 32.2 Å². The van der Waals surface area contributed by atoms with Gasteiger partial charge in [-0.3, -0.25) is 9.89 Å². The molecule has 0 atom stereocenters. The molecular weight excluding hydrogens is 515 g/mol. The van der Waals surface area contributed by atoms with Gasteiger partial charge in [0.1, 0.15) is 17.8 Å². The highest BCUT2D eigenvalue weighted by Gasteiger charge is 2.39. The normalized spacial score (nSPS) is 15.3. The second-order valence-electron chi connectivity index (χ2n) is 8.50. The molecule has 37 heavy (non-hydrogen) atoms. The van der Waals surface area contributed by atoms with E-state index in [-0.39, 0.29) is 30.0 Å². The lowest BCUT2D eigenvalue weighted by Crippen LogP contribution is -2.42. The van der Waals surface area contributed by atoms with Gasteiger partial charge < -0.3 is 9.64 Å². The molecule has 1 aliphatic rings. The fraction of sp³-hybridized carbons (Fsp3) is 0.318. The molecule has 0 aliphatic carbocycles. The van der Waals surface area contributed by atoms with Crippen LogP contribution in [0.15, 0.2) is 47.9 Å². The first-order chi connectivity index (χ1) is 17.5. The number of H-pyrrole nitrogens is 1. The summed E-state index contributed by atoms with van der Waals surface area (Å²) in [5.74, 6) is -0.463. The fourth-order valence-corrected chi connectivity index (χ4v) is 4.74. The van der Waals surface area contributed by atoms with Crippen LogP contribution < -0.4 is 4.74 Å². The quantitative estimate of drug-likeness (QED) is 0.412. The van der Waals surface area contributed by atoms with Crippen LogP contribution in [0.1, 0.15) is 28.9 Å². The van der Waals surface area contributed by atoms with Crippen LogP contribution in [0.5, 0.6) is 5.88 Å². The molecule has 1 N–H and O–H groups in total. The fourth-order valence-electron chi connectivity index (χ4n) is 4.11. The monoisotopic (exact) mass is 535 g/mol. The molecule has 4 aromatic rings. The molecule has 1 fully saturated rings. The molecule has 194 valence electrons. The number of benzene rings is 1. The number of sulfone groups is 1. The van der Waals surface area contributed by atoms with Gasteiger partial charge in [-0.05, 0) is 24.3 Å². The molecule has 0 spiro atoms. The first-order valence-corrected chi connectivity index (χ1v) is 13.0. The number of piperidine rings is 1. The zero-order valence-corrected chi connectivity index (χ0v) is 20.1. The summed E-state index contributed by atoms with van der Waals surface area (Å²) in [5, 5.41) is 10.1. The second kappa shape index (κ2) is 9.14. The first-order valence-electron chi connectivity index (χ1n) is 11.1. The third-order valence-corrected chi connectivity index (χ3v) is 7.13. The number of carbonyl (C=O) groups excluding carboxylic acids is 1. The van der Waals surface area contributed by atoms with E-state index in [2.05, 4.69) is 20.2 Å².